The third kappa shape index (κ3) is 4.28. The van der Waals surface area contributed by atoms with Crippen LogP contribution >= 0.6 is 27.7 Å². The van der Waals surface area contributed by atoms with Crippen molar-refractivity contribution >= 4 is 50.5 Å². The smallest absolute Gasteiger partial charge is 0.264 e. The van der Waals surface area contributed by atoms with Crippen LogP contribution in [0.1, 0.15) is 12.5 Å². The lowest BCUT2D eigenvalue weighted by molar-refractivity contribution is -0.115. The van der Waals surface area contributed by atoms with Crippen LogP contribution in [0, 0.1) is 0 Å². The number of carbonyl (C=O) groups excluding carboxylic acids is 1. The van der Waals surface area contributed by atoms with Gasteiger partial charge < -0.3 is 14.8 Å². The molecule has 1 amide bonds. The Morgan fingerprint density at radius 1 is 1.23 bits per heavy atom. The number of nitrogens with zero attached hydrogens (tertiary/aromatic N) is 1. The highest BCUT2D eigenvalue weighted by Crippen LogP contribution is 2.33. The first kappa shape index (κ1) is 18.5. The molecule has 1 heterocycles. The van der Waals surface area contributed by atoms with E-state index in [9.17, 15) is 4.79 Å². The van der Waals surface area contributed by atoms with Gasteiger partial charge in [-0.1, -0.05) is 18.2 Å². The molecule has 0 aliphatic carbocycles. The molecule has 0 aromatic heterocycles. The van der Waals surface area contributed by atoms with Crippen molar-refractivity contribution in [2.24, 2.45) is 4.99 Å². The summed E-state index contributed by atoms with van der Waals surface area (Å²) in [5, 5.41) is 3.34. The largest absolute Gasteiger partial charge is 0.493 e. The van der Waals surface area contributed by atoms with Crippen molar-refractivity contribution in [3.63, 3.8) is 0 Å². The summed E-state index contributed by atoms with van der Waals surface area (Å²) >= 11 is 4.76. The van der Waals surface area contributed by atoms with Gasteiger partial charge in [-0.3, -0.25) is 4.79 Å². The number of amidine groups is 1. The van der Waals surface area contributed by atoms with Gasteiger partial charge in [-0.25, -0.2) is 4.99 Å². The van der Waals surface area contributed by atoms with Crippen LogP contribution in [-0.4, -0.2) is 24.8 Å². The fraction of sp³-hybridized carbons (Fsp3) is 0.158. The van der Waals surface area contributed by atoms with Crippen molar-refractivity contribution < 1.29 is 14.3 Å². The summed E-state index contributed by atoms with van der Waals surface area (Å²) in [4.78, 5) is 17.3. The van der Waals surface area contributed by atoms with Gasteiger partial charge in [-0.2, -0.15) is 0 Å². The van der Waals surface area contributed by atoms with Crippen LogP contribution in [0.2, 0.25) is 0 Å². The van der Waals surface area contributed by atoms with Crippen LogP contribution in [0.4, 0.5) is 5.69 Å². The Balaban J connectivity index is 1.84. The van der Waals surface area contributed by atoms with Crippen molar-refractivity contribution in [2.75, 3.05) is 13.7 Å². The summed E-state index contributed by atoms with van der Waals surface area (Å²) < 4.78 is 11.7. The minimum Gasteiger partial charge on any atom is -0.493 e. The lowest BCUT2D eigenvalue weighted by Gasteiger charge is -2.09. The molecule has 1 fully saturated rings. The Morgan fingerprint density at radius 2 is 2.04 bits per heavy atom. The van der Waals surface area contributed by atoms with Crippen molar-refractivity contribution in [1.82, 2.24) is 5.32 Å². The van der Waals surface area contributed by atoms with E-state index in [1.54, 1.807) is 13.2 Å². The first-order valence-electron chi connectivity index (χ1n) is 7.95. The molecule has 3 rings (SSSR count). The molecule has 2 aromatic carbocycles. The number of halogens is 1. The van der Waals surface area contributed by atoms with Crippen molar-refractivity contribution in [3.05, 3.63) is 57.4 Å². The van der Waals surface area contributed by atoms with Crippen LogP contribution in [0.3, 0.4) is 0 Å². The van der Waals surface area contributed by atoms with Gasteiger partial charge in [0.1, 0.15) is 0 Å². The number of hydrogen-bond acceptors (Lipinski definition) is 5. The van der Waals surface area contributed by atoms with Gasteiger partial charge in [0, 0.05) is 4.47 Å². The summed E-state index contributed by atoms with van der Waals surface area (Å²) in [7, 11) is 1.59. The zero-order valence-electron chi connectivity index (χ0n) is 14.3. The SMILES string of the molecule is CCOc1ccc(/C=C2\SC(=Nc3ccccc3Br)NC2=O)cc1OC. The first-order valence-corrected chi connectivity index (χ1v) is 9.56. The van der Waals surface area contributed by atoms with Gasteiger partial charge >= 0.3 is 0 Å². The van der Waals surface area contributed by atoms with E-state index in [2.05, 4.69) is 26.2 Å². The fourth-order valence-electron chi connectivity index (χ4n) is 2.33. The number of benzene rings is 2. The normalized spacial score (nSPS) is 16.8. The molecule has 134 valence electrons. The summed E-state index contributed by atoms with van der Waals surface area (Å²) in [6.07, 6.45) is 1.81. The van der Waals surface area contributed by atoms with Crippen LogP contribution < -0.4 is 14.8 Å². The van der Waals surface area contributed by atoms with Gasteiger partial charge in [-0.15, -0.1) is 0 Å². The second-order valence-electron chi connectivity index (χ2n) is 5.28. The highest BCUT2D eigenvalue weighted by atomic mass is 79.9. The lowest BCUT2D eigenvalue weighted by atomic mass is 10.2. The zero-order valence-corrected chi connectivity index (χ0v) is 16.7. The maximum absolute atomic E-state index is 12.2. The third-order valence-electron chi connectivity index (χ3n) is 3.51. The van der Waals surface area contributed by atoms with E-state index in [0.717, 1.165) is 15.7 Å². The summed E-state index contributed by atoms with van der Waals surface area (Å²) in [5.41, 5.74) is 1.62. The number of amides is 1. The molecule has 0 unspecified atom stereocenters. The molecule has 1 aliphatic heterocycles. The highest BCUT2D eigenvalue weighted by molar-refractivity contribution is 9.10. The number of carbonyl (C=O) groups is 1. The summed E-state index contributed by atoms with van der Waals surface area (Å²) in [6, 6.07) is 13.2. The Morgan fingerprint density at radius 3 is 2.77 bits per heavy atom. The monoisotopic (exact) mass is 432 g/mol. The first-order chi connectivity index (χ1) is 12.6. The average molecular weight is 433 g/mol. The third-order valence-corrected chi connectivity index (χ3v) is 5.09. The molecular formula is C19H17BrN2O3S. The van der Waals surface area contributed by atoms with E-state index in [0.29, 0.717) is 28.2 Å². The molecule has 0 atom stereocenters. The Hall–Kier alpha value is -2.25. The number of methoxy groups -OCH3 is 1. The number of nitrogens with one attached hydrogen (secondary N) is 1. The molecule has 1 saturated heterocycles. The van der Waals surface area contributed by atoms with E-state index in [4.69, 9.17) is 9.47 Å². The molecule has 0 bridgehead atoms. The lowest BCUT2D eigenvalue weighted by Crippen LogP contribution is -2.19. The maximum atomic E-state index is 12.2. The maximum Gasteiger partial charge on any atom is 0.264 e. The zero-order chi connectivity index (χ0) is 18.5. The van der Waals surface area contributed by atoms with Gasteiger partial charge in [0.2, 0.25) is 0 Å². The second kappa shape index (κ2) is 8.42. The standard InChI is InChI=1S/C19H17BrN2O3S/c1-3-25-15-9-8-12(10-16(15)24-2)11-17-18(23)22-19(26-17)21-14-7-5-4-6-13(14)20/h4-11H,3H2,1-2H3,(H,21,22,23)/b17-11-. The Labute approximate surface area is 164 Å². The molecule has 7 heteroatoms. The van der Waals surface area contributed by atoms with E-state index in [1.165, 1.54) is 11.8 Å². The summed E-state index contributed by atoms with van der Waals surface area (Å²) in [6.45, 7) is 2.48. The predicted molar refractivity (Wildman–Crippen MR) is 109 cm³/mol. The molecule has 0 radical (unpaired) electrons. The molecule has 1 aliphatic rings. The number of para-hydroxylation sites is 1. The van der Waals surface area contributed by atoms with Crippen LogP contribution in [-0.2, 0) is 4.79 Å². The Kier molecular flexibility index (Phi) is 6.00. The molecule has 5 nitrogen and oxygen atoms in total. The molecule has 1 N–H and O–H groups in total. The molecule has 0 saturated carbocycles. The number of rotatable bonds is 5. The van der Waals surface area contributed by atoms with Crippen LogP contribution in [0.5, 0.6) is 11.5 Å². The highest BCUT2D eigenvalue weighted by Gasteiger charge is 2.24. The van der Waals surface area contributed by atoms with E-state index < -0.39 is 0 Å². The molecule has 0 spiro atoms. The van der Waals surface area contributed by atoms with Gasteiger partial charge in [-0.05, 0) is 70.5 Å². The van der Waals surface area contributed by atoms with Crippen molar-refractivity contribution in [1.29, 1.82) is 0 Å². The van der Waals surface area contributed by atoms with E-state index >= 15 is 0 Å². The van der Waals surface area contributed by atoms with Crippen LogP contribution in [0.25, 0.3) is 6.08 Å². The molecule has 26 heavy (non-hydrogen) atoms. The number of thioether (sulfide) groups is 1. The van der Waals surface area contributed by atoms with E-state index in [-0.39, 0.29) is 5.91 Å². The van der Waals surface area contributed by atoms with E-state index in [1.807, 2.05) is 49.4 Å². The number of hydrogen-bond donors (Lipinski definition) is 1. The van der Waals surface area contributed by atoms with Crippen molar-refractivity contribution in [3.8, 4) is 11.5 Å². The average Bonchev–Trinajstić information content (AvgIpc) is 2.97. The van der Waals surface area contributed by atoms with Gasteiger partial charge in [0.05, 0.1) is 24.3 Å². The van der Waals surface area contributed by atoms with Crippen molar-refractivity contribution in [2.45, 2.75) is 6.92 Å². The summed E-state index contributed by atoms with van der Waals surface area (Å²) in [5.74, 6) is 1.14. The molecular weight excluding hydrogens is 416 g/mol. The van der Waals surface area contributed by atoms with Gasteiger partial charge in [0.25, 0.3) is 5.91 Å². The quantitative estimate of drug-likeness (QED) is 0.692. The number of ether oxygens (including phenoxy) is 2. The molecule has 2 aromatic rings. The second-order valence-corrected chi connectivity index (χ2v) is 7.16. The number of aliphatic imine (C=N–C) groups is 1. The topological polar surface area (TPSA) is 59.9 Å². The van der Waals surface area contributed by atoms with Crippen LogP contribution in [0.15, 0.2) is 56.8 Å². The van der Waals surface area contributed by atoms with Gasteiger partial charge in [0.15, 0.2) is 16.7 Å². The Bertz CT molecular complexity index is 896. The predicted octanol–water partition coefficient (Wildman–Crippen LogP) is 4.75. The minimum absolute atomic E-state index is 0.173. The fourth-order valence-corrected chi connectivity index (χ4v) is 3.54. The minimum atomic E-state index is -0.173.